The summed E-state index contributed by atoms with van der Waals surface area (Å²) in [6.07, 6.45) is 2.45. The minimum Gasteiger partial charge on any atom is -0.310 e. The molecule has 0 fully saturated rings. The van der Waals surface area contributed by atoms with Gasteiger partial charge in [0.25, 0.3) is 0 Å². The molecule has 0 saturated carbocycles. The van der Waals surface area contributed by atoms with Crippen molar-refractivity contribution < 1.29 is 0 Å². The fraction of sp³-hybridized carbons (Fsp3) is 0.625. The van der Waals surface area contributed by atoms with Gasteiger partial charge in [0.15, 0.2) is 0 Å². The predicted molar refractivity (Wildman–Crippen MR) is 76.7 cm³/mol. The molecule has 0 spiro atoms. The van der Waals surface area contributed by atoms with Gasteiger partial charge in [0.2, 0.25) is 0 Å². The van der Waals surface area contributed by atoms with Crippen LogP contribution in [0.15, 0.2) is 6.07 Å². The van der Waals surface area contributed by atoms with Crippen LogP contribution in [0.5, 0.6) is 0 Å². The molecular weight excluding hydrogens is 206 g/mol. The zero-order chi connectivity index (χ0) is 13.0. The number of nitrogens with one attached hydrogen (secondary N) is 1. The number of benzene rings is 1. The molecule has 0 amide bonds. The Kier molecular flexibility index (Phi) is 5.20. The molecule has 17 heavy (non-hydrogen) atoms. The lowest BCUT2D eigenvalue weighted by molar-refractivity contribution is 0.504. The van der Waals surface area contributed by atoms with E-state index in [2.05, 4.69) is 52.9 Å². The maximum Gasteiger partial charge on any atom is 0.0325 e. The minimum atomic E-state index is 0.517. The molecule has 1 aromatic carbocycles. The molecule has 1 heteroatoms. The van der Waals surface area contributed by atoms with Crippen molar-refractivity contribution in [3.8, 4) is 0 Å². The third kappa shape index (κ3) is 3.10. The van der Waals surface area contributed by atoms with Gasteiger partial charge in [0.05, 0.1) is 0 Å². The summed E-state index contributed by atoms with van der Waals surface area (Å²) in [5, 5.41) is 3.64. The second-order valence-electron chi connectivity index (χ2n) is 5.07. The van der Waals surface area contributed by atoms with E-state index in [-0.39, 0.29) is 0 Å². The van der Waals surface area contributed by atoms with Gasteiger partial charge in [0.1, 0.15) is 0 Å². The van der Waals surface area contributed by atoms with E-state index < -0.39 is 0 Å². The van der Waals surface area contributed by atoms with E-state index in [1.54, 1.807) is 0 Å². The van der Waals surface area contributed by atoms with Gasteiger partial charge in [-0.2, -0.15) is 0 Å². The van der Waals surface area contributed by atoms with Crippen LogP contribution in [0.1, 0.15) is 60.5 Å². The summed E-state index contributed by atoms with van der Waals surface area (Å²) in [7, 11) is 0. The largest absolute Gasteiger partial charge is 0.310 e. The summed E-state index contributed by atoms with van der Waals surface area (Å²) in [6.45, 7) is 14.5. The van der Waals surface area contributed by atoms with Crippen LogP contribution in [0.3, 0.4) is 0 Å². The number of hydrogen-bond donors (Lipinski definition) is 1. The van der Waals surface area contributed by atoms with Gasteiger partial charge in [-0.3, -0.25) is 0 Å². The van der Waals surface area contributed by atoms with E-state index >= 15 is 0 Å². The number of aryl methyl sites for hydroxylation is 2. The highest BCUT2D eigenvalue weighted by molar-refractivity contribution is 5.45. The maximum atomic E-state index is 3.64. The Bertz CT molecular complexity index is 347. The lowest BCUT2D eigenvalue weighted by atomic mass is 9.88. The summed E-state index contributed by atoms with van der Waals surface area (Å²) in [4.78, 5) is 0. The highest BCUT2D eigenvalue weighted by Crippen LogP contribution is 2.29. The molecule has 1 atom stereocenters. The van der Waals surface area contributed by atoms with Crippen molar-refractivity contribution in [3.05, 3.63) is 33.9 Å². The number of hydrogen-bond acceptors (Lipinski definition) is 1. The van der Waals surface area contributed by atoms with Crippen molar-refractivity contribution >= 4 is 0 Å². The molecule has 1 unspecified atom stereocenters. The maximum absolute atomic E-state index is 3.64. The van der Waals surface area contributed by atoms with Crippen LogP contribution in [0.4, 0.5) is 0 Å². The van der Waals surface area contributed by atoms with Crippen molar-refractivity contribution in [2.45, 2.75) is 60.4 Å². The predicted octanol–water partition coefficient (Wildman–Crippen LogP) is 4.37. The normalized spacial score (nSPS) is 12.8. The van der Waals surface area contributed by atoms with Gasteiger partial charge < -0.3 is 5.32 Å². The molecule has 0 aliphatic rings. The van der Waals surface area contributed by atoms with Crippen molar-refractivity contribution in [2.24, 2.45) is 0 Å². The summed E-state index contributed by atoms with van der Waals surface area (Å²) >= 11 is 0. The number of rotatable bonds is 5. The summed E-state index contributed by atoms with van der Waals surface area (Å²) in [6, 6.07) is 2.83. The topological polar surface area (TPSA) is 12.0 Å². The second kappa shape index (κ2) is 6.20. The molecular formula is C16H27N. The van der Waals surface area contributed by atoms with Crippen LogP contribution >= 0.6 is 0 Å². The Labute approximate surface area is 107 Å². The Morgan fingerprint density at radius 1 is 1.00 bits per heavy atom. The average Bonchev–Trinajstić information content (AvgIpc) is 2.27. The molecule has 1 aromatic rings. The average molecular weight is 233 g/mol. The molecule has 0 saturated heterocycles. The first-order chi connectivity index (χ1) is 8.02. The van der Waals surface area contributed by atoms with E-state index in [9.17, 15) is 0 Å². The highest BCUT2D eigenvalue weighted by atomic mass is 14.9. The molecule has 0 aromatic heterocycles. The van der Waals surface area contributed by atoms with Gasteiger partial charge in [-0.15, -0.1) is 0 Å². The summed E-state index contributed by atoms with van der Waals surface area (Å²) in [5.74, 6) is 0. The molecule has 0 bridgehead atoms. The monoisotopic (exact) mass is 233 g/mol. The van der Waals surface area contributed by atoms with Crippen LogP contribution in [-0.4, -0.2) is 6.54 Å². The molecule has 0 aliphatic heterocycles. The van der Waals surface area contributed by atoms with Crippen molar-refractivity contribution in [2.75, 3.05) is 6.54 Å². The van der Waals surface area contributed by atoms with E-state index in [4.69, 9.17) is 0 Å². The Morgan fingerprint density at radius 2 is 1.53 bits per heavy atom. The zero-order valence-electron chi connectivity index (χ0n) is 12.3. The standard InChI is InChI=1S/C16H27N/c1-7-9-15(17-8-2)16-13(5)11(3)10-12(4)14(16)6/h10,15,17H,7-9H2,1-6H3. The van der Waals surface area contributed by atoms with E-state index in [0.29, 0.717) is 6.04 Å². The van der Waals surface area contributed by atoms with Crippen molar-refractivity contribution in [1.29, 1.82) is 0 Å². The van der Waals surface area contributed by atoms with Gasteiger partial charge in [-0.05, 0) is 68.5 Å². The molecule has 1 nitrogen and oxygen atoms in total. The first-order valence-corrected chi connectivity index (χ1v) is 6.83. The smallest absolute Gasteiger partial charge is 0.0325 e. The molecule has 0 aliphatic carbocycles. The first kappa shape index (κ1) is 14.2. The van der Waals surface area contributed by atoms with Crippen molar-refractivity contribution in [1.82, 2.24) is 5.32 Å². The van der Waals surface area contributed by atoms with Gasteiger partial charge >= 0.3 is 0 Å². The molecule has 1 rings (SSSR count). The molecule has 96 valence electrons. The molecule has 1 N–H and O–H groups in total. The van der Waals surface area contributed by atoms with Gasteiger partial charge in [-0.1, -0.05) is 26.3 Å². The SMILES string of the molecule is CCCC(NCC)c1c(C)c(C)cc(C)c1C. The Balaban J connectivity index is 3.25. The zero-order valence-corrected chi connectivity index (χ0v) is 12.3. The lowest BCUT2D eigenvalue weighted by Gasteiger charge is -2.24. The second-order valence-corrected chi connectivity index (χ2v) is 5.07. The van der Waals surface area contributed by atoms with Crippen molar-refractivity contribution in [3.63, 3.8) is 0 Å². The van der Waals surface area contributed by atoms with Crippen LogP contribution in [0, 0.1) is 27.7 Å². The highest BCUT2D eigenvalue weighted by Gasteiger charge is 2.16. The van der Waals surface area contributed by atoms with Crippen LogP contribution in [-0.2, 0) is 0 Å². The molecule has 0 radical (unpaired) electrons. The fourth-order valence-electron chi connectivity index (χ4n) is 2.65. The van der Waals surface area contributed by atoms with E-state index in [1.165, 1.54) is 40.7 Å². The minimum absolute atomic E-state index is 0.517. The quantitative estimate of drug-likeness (QED) is 0.796. The van der Waals surface area contributed by atoms with Gasteiger partial charge in [0, 0.05) is 6.04 Å². The van der Waals surface area contributed by atoms with Crippen LogP contribution < -0.4 is 5.32 Å². The Hall–Kier alpha value is -0.820. The fourth-order valence-corrected chi connectivity index (χ4v) is 2.65. The van der Waals surface area contributed by atoms with E-state index in [1.807, 2.05) is 0 Å². The lowest BCUT2D eigenvalue weighted by Crippen LogP contribution is -2.23. The molecule has 0 heterocycles. The third-order valence-corrected chi connectivity index (χ3v) is 3.80. The van der Waals surface area contributed by atoms with Crippen LogP contribution in [0.25, 0.3) is 0 Å². The van der Waals surface area contributed by atoms with Crippen LogP contribution in [0.2, 0.25) is 0 Å². The van der Waals surface area contributed by atoms with E-state index in [0.717, 1.165) is 6.54 Å². The summed E-state index contributed by atoms with van der Waals surface area (Å²) < 4.78 is 0. The van der Waals surface area contributed by atoms with Gasteiger partial charge in [-0.25, -0.2) is 0 Å². The third-order valence-electron chi connectivity index (χ3n) is 3.80. The first-order valence-electron chi connectivity index (χ1n) is 6.83. The summed E-state index contributed by atoms with van der Waals surface area (Å²) in [5.41, 5.74) is 7.30. The Morgan fingerprint density at radius 3 is 1.94 bits per heavy atom.